The Morgan fingerprint density at radius 2 is 1.76 bits per heavy atom. The molecule has 1 aliphatic carbocycles. The summed E-state index contributed by atoms with van der Waals surface area (Å²) in [5.41, 5.74) is 2.57. The van der Waals surface area contributed by atoms with Crippen LogP contribution in [0.15, 0.2) is 18.2 Å². The van der Waals surface area contributed by atoms with Crippen molar-refractivity contribution < 1.29 is 4.74 Å². The van der Waals surface area contributed by atoms with Gasteiger partial charge in [-0.05, 0) is 45.6 Å². The molecule has 2 atom stereocenters. The van der Waals surface area contributed by atoms with Crippen molar-refractivity contribution in [2.24, 2.45) is 5.92 Å². The van der Waals surface area contributed by atoms with Crippen molar-refractivity contribution in [3.63, 3.8) is 0 Å². The van der Waals surface area contributed by atoms with E-state index in [4.69, 9.17) is 4.74 Å². The second-order valence-electron chi connectivity index (χ2n) is 6.67. The molecule has 0 radical (unpaired) electrons. The van der Waals surface area contributed by atoms with E-state index in [-0.39, 0.29) is 0 Å². The van der Waals surface area contributed by atoms with Crippen LogP contribution in [0.4, 0.5) is 0 Å². The van der Waals surface area contributed by atoms with Crippen LogP contribution in [0.25, 0.3) is 0 Å². The van der Waals surface area contributed by atoms with Gasteiger partial charge in [-0.25, -0.2) is 0 Å². The number of benzene rings is 1. The van der Waals surface area contributed by atoms with Gasteiger partial charge in [-0.2, -0.15) is 0 Å². The molecule has 2 nitrogen and oxygen atoms in total. The van der Waals surface area contributed by atoms with Gasteiger partial charge in [0, 0.05) is 17.6 Å². The van der Waals surface area contributed by atoms with Gasteiger partial charge < -0.3 is 10.1 Å². The van der Waals surface area contributed by atoms with E-state index in [9.17, 15) is 0 Å². The molecular weight excluding hydrogens is 258 g/mol. The van der Waals surface area contributed by atoms with E-state index in [1.165, 1.54) is 49.7 Å². The molecule has 0 spiro atoms. The van der Waals surface area contributed by atoms with Crippen LogP contribution >= 0.6 is 0 Å². The molecule has 2 heteroatoms. The lowest BCUT2D eigenvalue weighted by molar-refractivity contribution is 0.312. The Bertz CT molecular complexity index is 435. The molecule has 0 saturated heterocycles. The minimum atomic E-state index is 0.332. The zero-order valence-electron chi connectivity index (χ0n) is 14.1. The zero-order chi connectivity index (χ0) is 15.2. The molecular formula is C19H31NO. The van der Waals surface area contributed by atoms with E-state index < -0.39 is 0 Å². The number of rotatable bonds is 5. The fourth-order valence-corrected chi connectivity index (χ4v) is 3.62. The number of methoxy groups -OCH3 is 1. The molecule has 1 fully saturated rings. The van der Waals surface area contributed by atoms with Gasteiger partial charge in [0.15, 0.2) is 0 Å². The van der Waals surface area contributed by atoms with Gasteiger partial charge >= 0.3 is 0 Å². The zero-order valence-corrected chi connectivity index (χ0v) is 14.1. The van der Waals surface area contributed by atoms with Crippen LogP contribution in [0, 0.1) is 12.8 Å². The second-order valence-corrected chi connectivity index (χ2v) is 6.67. The minimum Gasteiger partial charge on any atom is -0.496 e. The number of ether oxygens (including phenoxy) is 1. The SMILES string of the molecule is COc1ccc(C)cc1C(C)N[C@H](C)C1CCCCCC1. The van der Waals surface area contributed by atoms with Gasteiger partial charge in [0.1, 0.15) is 5.75 Å². The molecule has 0 aromatic heterocycles. The number of nitrogens with one attached hydrogen (secondary N) is 1. The molecule has 118 valence electrons. The second kappa shape index (κ2) is 7.84. The lowest BCUT2D eigenvalue weighted by Crippen LogP contribution is -2.35. The topological polar surface area (TPSA) is 21.3 Å². The Hall–Kier alpha value is -1.02. The average Bonchev–Trinajstić information content (AvgIpc) is 2.76. The van der Waals surface area contributed by atoms with Gasteiger partial charge in [0.2, 0.25) is 0 Å². The predicted octanol–water partition coefficient (Wildman–Crippen LogP) is 5.01. The summed E-state index contributed by atoms with van der Waals surface area (Å²) in [6.45, 7) is 6.75. The third-order valence-corrected chi connectivity index (χ3v) is 4.97. The molecule has 1 aromatic carbocycles. The maximum Gasteiger partial charge on any atom is 0.123 e. The summed E-state index contributed by atoms with van der Waals surface area (Å²) in [4.78, 5) is 0. The standard InChI is InChI=1S/C19H31NO/c1-14-11-12-19(21-4)18(13-14)16(3)20-15(2)17-9-7-5-6-8-10-17/h11-13,15-17,20H,5-10H2,1-4H3/t15-,16?/m1/s1. The van der Waals surface area contributed by atoms with Crippen LogP contribution in [0.3, 0.4) is 0 Å². The first-order chi connectivity index (χ1) is 10.1. The van der Waals surface area contributed by atoms with E-state index in [1.54, 1.807) is 7.11 Å². The summed E-state index contributed by atoms with van der Waals surface area (Å²) in [5.74, 6) is 1.82. The highest BCUT2D eigenvalue weighted by Crippen LogP contribution is 2.30. The number of hydrogen-bond donors (Lipinski definition) is 1. The summed E-state index contributed by atoms with van der Waals surface area (Å²) in [6.07, 6.45) is 8.41. The van der Waals surface area contributed by atoms with Crippen molar-refractivity contribution in [2.45, 2.75) is 71.4 Å². The summed E-state index contributed by atoms with van der Waals surface area (Å²) in [6, 6.07) is 7.35. The van der Waals surface area contributed by atoms with Gasteiger partial charge in [-0.1, -0.05) is 43.4 Å². The van der Waals surface area contributed by atoms with Crippen LogP contribution < -0.4 is 10.1 Å². The monoisotopic (exact) mass is 289 g/mol. The van der Waals surface area contributed by atoms with E-state index in [2.05, 4.69) is 44.3 Å². The molecule has 2 rings (SSSR count). The molecule has 1 aromatic rings. The van der Waals surface area contributed by atoms with Crippen LogP contribution in [0.2, 0.25) is 0 Å². The molecule has 21 heavy (non-hydrogen) atoms. The van der Waals surface area contributed by atoms with Crippen molar-refractivity contribution in [1.82, 2.24) is 5.32 Å². The Morgan fingerprint density at radius 3 is 2.38 bits per heavy atom. The first kappa shape index (κ1) is 16.4. The Balaban J connectivity index is 2.02. The summed E-state index contributed by atoms with van der Waals surface area (Å²) in [5, 5.41) is 3.82. The fourth-order valence-electron chi connectivity index (χ4n) is 3.62. The molecule has 1 saturated carbocycles. The van der Waals surface area contributed by atoms with Gasteiger partial charge in [0.25, 0.3) is 0 Å². The summed E-state index contributed by atoms with van der Waals surface area (Å²) in [7, 11) is 1.76. The fraction of sp³-hybridized carbons (Fsp3) is 0.684. The first-order valence-electron chi connectivity index (χ1n) is 8.52. The van der Waals surface area contributed by atoms with Crippen molar-refractivity contribution in [3.05, 3.63) is 29.3 Å². The minimum absolute atomic E-state index is 0.332. The van der Waals surface area contributed by atoms with E-state index in [1.807, 2.05) is 0 Å². The van der Waals surface area contributed by atoms with Crippen LogP contribution in [-0.4, -0.2) is 13.2 Å². The third-order valence-electron chi connectivity index (χ3n) is 4.97. The smallest absolute Gasteiger partial charge is 0.123 e. The Kier molecular flexibility index (Phi) is 6.10. The van der Waals surface area contributed by atoms with Gasteiger partial charge in [0.05, 0.1) is 7.11 Å². The van der Waals surface area contributed by atoms with Crippen LogP contribution in [0.1, 0.15) is 69.5 Å². The average molecular weight is 289 g/mol. The highest BCUT2D eigenvalue weighted by atomic mass is 16.5. The Labute approximate surface area is 130 Å². The van der Waals surface area contributed by atoms with E-state index >= 15 is 0 Å². The maximum atomic E-state index is 5.53. The summed E-state index contributed by atoms with van der Waals surface area (Å²) < 4.78 is 5.53. The normalized spacial score (nSPS) is 19.8. The largest absolute Gasteiger partial charge is 0.496 e. The van der Waals surface area contributed by atoms with Gasteiger partial charge in [-0.3, -0.25) is 0 Å². The quantitative estimate of drug-likeness (QED) is 0.769. The van der Waals surface area contributed by atoms with Crippen molar-refractivity contribution in [1.29, 1.82) is 0 Å². The van der Waals surface area contributed by atoms with E-state index in [0.29, 0.717) is 12.1 Å². The van der Waals surface area contributed by atoms with Crippen molar-refractivity contribution >= 4 is 0 Å². The lowest BCUT2D eigenvalue weighted by atomic mass is 9.92. The predicted molar refractivity (Wildman–Crippen MR) is 89.9 cm³/mol. The third kappa shape index (κ3) is 4.47. The highest BCUT2D eigenvalue weighted by Gasteiger charge is 2.21. The molecule has 0 amide bonds. The number of hydrogen-bond acceptors (Lipinski definition) is 2. The molecule has 1 aliphatic rings. The van der Waals surface area contributed by atoms with Gasteiger partial charge in [-0.15, -0.1) is 0 Å². The molecule has 1 N–H and O–H groups in total. The lowest BCUT2D eigenvalue weighted by Gasteiger charge is -2.28. The van der Waals surface area contributed by atoms with Crippen molar-refractivity contribution in [2.75, 3.05) is 7.11 Å². The summed E-state index contributed by atoms with van der Waals surface area (Å²) >= 11 is 0. The van der Waals surface area contributed by atoms with Crippen LogP contribution in [-0.2, 0) is 0 Å². The first-order valence-corrected chi connectivity index (χ1v) is 8.52. The van der Waals surface area contributed by atoms with Crippen LogP contribution in [0.5, 0.6) is 5.75 Å². The van der Waals surface area contributed by atoms with Crippen molar-refractivity contribution in [3.8, 4) is 5.75 Å². The molecule has 1 unspecified atom stereocenters. The number of aryl methyl sites for hydroxylation is 1. The Morgan fingerprint density at radius 1 is 1.10 bits per heavy atom. The molecule has 0 heterocycles. The highest BCUT2D eigenvalue weighted by molar-refractivity contribution is 5.38. The molecule has 0 bridgehead atoms. The van der Waals surface area contributed by atoms with E-state index in [0.717, 1.165) is 11.7 Å². The molecule has 0 aliphatic heterocycles. The maximum absolute atomic E-state index is 5.53.